The van der Waals surface area contributed by atoms with E-state index in [9.17, 15) is 4.79 Å². The van der Waals surface area contributed by atoms with Gasteiger partial charge in [0.15, 0.2) is 0 Å². The van der Waals surface area contributed by atoms with Crippen molar-refractivity contribution >= 4 is 14.3 Å². The number of hydrogen-bond acceptors (Lipinski definition) is 3. The monoisotopic (exact) mass is 166 g/mol. The summed E-state index contributed by atoms with van der Waals surface area (Å²) in [5.41, 5.74) is 4.86. The van der Waals surface area contributed by atoms with Crippen molar-refractivity contribution < 1.29 is 15.3 Å². The summed E-state index contributed by atoms with van der Waals surface area (Å²) >= 11 is 0. The number of nitrogens with one attached hydrogen (secondary N) is 1. The zero-order chi connectivity index (χ0) is 8.78. The van der Waals surface area contributed by atoms with Gasteiger partial charge in [-0.1, -0.05) is 19.6 Å². The van der Waals surface area contributed by atoms with Crippen LogP contribution in [-0.4, -0.2) is 24.8 Å². The van der Waals surface area contributed by atoms with Crippen LogP contribution in [0.15, 0.2) is 0 Å². The van der Waals surface area contributed by atoms with Gasteiger partial charge in [-0.3, -0.25) is 15.3 Å². The summed E-state index contributed by atoms with van der Waals surface area (Å²) in [5, 5.41) is 12.0. The van der Waals surface area contributed by atoms with Crippen molar-refractivity contribution in [2.24, 2.45) is 5.73 Å². The van der Waals surface area contributed by atoms with E-state index in [2.05, 4.69) is 4.98 Å². The van der Waals surface area contributed by atoms with Crippen molar-refractivity contribution in [3.63, 3.8) is 0 Å². The lowest BCUT2D eigenvalue weighted by Gasteiger charge is -2.14. The van der Waals surface area contributed by atoms with Gasteiger partial charge < -0.3 is 10.7 Å². The molecule has 0 unspecified atom stereocenters. The van der Waals surface area contributed by atoms with E-state index in [1.807, 2.05) is 19.6 Å². The highest BCUT2D eigenvalue weighted by Crippen LogP contribution is 1.91. The third-order valence-corrected chi connectivity index (χ3v) is 1.49. The third-order valence-electron chi connectivity index (χ3n) is 0.498. The van der Waals surface area contributed by atoms with Crippen molar-refractivity contribution in [3.05, 3.63) is 0 Å². The lowest BCUT2D eigenvalue weighted by atomic mass is 11.2. The number of primary amides is 1. The van der Waals surface area contributed by atoms with Crippen LogP contribution in [0.3, 0.4) is 0 Å². The molecule has 5 N–H and O–H groups in total. The van der Waals surface area contributed by atoms with Gasteiger partial charge in [-0.25, -0.2) is 0 Å². The normalized spacial score (nSPS) is 9.30. The highest BCUT2D eigenvalue weighted by atomic mass is 28.3. The molecule has 0 saturated carbocycles. The number of amides is 2. The summed E-state index contributed by atoms with van der Waals surface area (Å²) in [4.78, 5) is 12.8. The van der Waals surface area contributed by atoms with Gasteiger partial charge in [0.05, 0.1) is 0 Å². The first-order valence-electron chi connectivity index (χ1n) is 2.69. The molecule has 2 amide bonds. The Morgan fingerprint density at radius 2 is 1.70 bits per heavy atom. The van der Waals surface area contributed by atoms with Gasteiger partial charge in [0.25, 0.3) is 0 Å². The maximum absolute atomic E-state index is 10.2. The van der Waals surface area contributed by atoms with E-state index in [1.165, 1.54) is 0 Å². The molecule has 0 bridgehead atoms. The maximum atomic E-state index is 10.2. The minimum Gasteiger partial charge on any atom is -0.365 e. The predicted molar refractivity (Wildman–Crippen MR) is 41.3 cm³/mol. The van der Waals surface area contributed by atoms with Gasteiger partial charge in [0, 0.05) is 0 Å². The first-order chi connectivity index (χ1) is 4.42. The lowest BCUT2D eigenvalue weighted by Crippen LogP contribution is -2.47. The van der Waals surface area contributed by atoms with Crippen LogP contribution >= 0.6 is 0 Å². The minimum absolute atomic E-state index is 0.413. The number of urea groups is 1. The van der Waals surface area contributed by atoms with Gasteiger partial charge >= 0.3 is 6.03 Å². The molecule has 0 atom stereocenters. The van der Waals surface area contributed by atoms with E-state index in [0.717, 1.165) is 0 Å². The summed E-state index contributed by atoms with van der Waals surface area (Å²) in [6.45, 7) is 6.04. The Morgan fingerprint density at radius 1 is 1.40 bits per heavy atom. The van der Waals surface area contributed by atoms with Crippen LogP contribution in [0.4, 0.5) is 4.79 Å². The summed E-state index contributed by atoms with van der Waals surface area (Å²) in [6.07, 6.45) is 0. The summed E-state index contributed by atoms with van der Waals surface area (Å²) < 4.78 is 0. The molecule has 0 aliphatic rings. The second-order valence-corrected chi connectivity index (χ2v) is 7.49. The average Bonchev–Trinajstić information content (AvgIpc) is 1.64. The predicted octanol–water partition coefficient (Wildman–Crippen LogP) is 0.507. The molecule has 0 fully saturated rings. The quantitative estimate of drug-likeness (QED) is 0.259. The van der Waals surface area contributed by atoms with E-state index >= 15 is 0 Å². The zero-order valence-electron chi connectivity index (χ0n) is 6.38. The van der Waals surface area contributed by atoms with Crippen LogP contribution in [0.1, 0.15) is 0 Å². The van der Waals surface area contributed by atoms with Gasteiger partial charge in [-0.15, -0.1) is 0 Å². The molecular weight excluding hydrogens is 152 g/mol. The molecule has 0 heterocycles. The molecular formula is C4H14N2O3Si. The fourth-order valence-corrected chi connectivity index (χ4v) is 1.11. The molecule has 0 rings (SSSR count). The van der Waals surface area contributed by atoms with E-state index in [1.54, 1.807) is 0 Å². The topological polar surface area (TPSA) is 95.6 Å². The Labute approximate surface area is 60.9 Å². The van der Waals surface area contributed by atoms with Crippen molar-refractivity contribution in [3.8, 4) is 0 Å². The number of hydrogen-bond donors (Lipinski definition) is 4. The van der Waals surface area contributed by atoms with Crippen molar-refractivity contribution in [1.29, 1.82) is 0 Å². The second-order valence-electron chi connectivity index (χ2n) is 2.74. The highest BCUT2D eigenvalue weighted by Gasteiger charge is 2.13. The highest BCUT2D eigenvalue weighted by molar-refractivity contribution is 6.75. The van der Waals surface area contributed by atoms with Gasteiger partial charge in [-0.2, -0.15) is 0 Å². The number of nitrogens with two attached hydrogens (primary N) is 1. The van der Waals surface area contributed by atoms with Crippen molar-refractivity contribution in [2.45, 2.75) is 19.6 Å². The Kier molecular flexibility index (Phi) is 6.32. The van der Waals surface area contributed by atoms with Crippen LogP contribution < -0.4 is 10.7 Å². The fraction of sp³-hybridized carbons (Fsp3) is 0.750. The Balaban J connectivity index is 0. The fourth-order valence-electron chi connectivity index (χ4n) is 0.370. The Bertz CT molecular complexity index is 101. The van der Waals surface area contributed by atoms with E-state index in [0.29, 0.717) is 0 Å². The summed E-state index contributed by atoms with van der Waals surface area (Å²) in [7, 11) is -1.44. The first-order valence-corrected chi connectivity index (χ1v) is 6.19. The largest absolute Gasteiger partial charge is 0.365 e. The van der Waals surface area contributed by atoms with Crippen LogP contribution in [0, 0.1) is 0 Å². The number of carbonyl (C=O) groups excluding carboxylic acids is 1. The van der Waals surface area contributed by atoms with Crippen LogP contribution in [0.5, 0.6) is 0 Å². The second kappa shape index (κ2) is 5.21. The average molecular weight is 166 g/mol. The van der Waals surface area contributed by atoms with Gasteiger partial charge in [0.2, 0.25) is 0 Å². The van der Waals surface area contributed by atoms with Crippen LogP contribution in [0.25, 0.3) is 0 Å². The molecule has 62 valence electrons. The van der Waals surface area contributed by atoms with Gasteiger partial charge in [0.1, 0.15) is 8.24 Å². The summed E-state index contributed by atoms with van der Waals surface area (Å²) in [6, 6.07) is -0.413. The van der Waals surface area contributed by atoms with Crippen molar-refractivity contribution in [2.75, 3.05) is 0 Å². The molecule has 0 spiro atoms. The number of carbonyl (C=O) groups is 1. The van der Waals surface area contributed by atoms with E-state index in [4.69, 9.17) is 16.2 Å². The lowest BCUT2D eigenvalue weighted by molar-refractivity contribution is -0.176. The summed E-state index contributed by atoms with van der Waals surface area (Å²) in [5.74, 6) is 0. The van der Waals surface area contributed by atoms with Crippen molar-refractivity contribution in [1.82, 2.24) is 4.98 Å². The standard InChI is InChI=1S/C4H12N2OSi.H2O2/c1-8(2,3)6-4(5)7;1-2/h1-3H3,(H3,5,6,7);1-2H. The smallest absolute Gasteiger partial charge is 0.304 e. The molecule has 0 aliphatic carbocycles. The maximum Gasteiger partial charge on any atom is 0.304 e. The Morgan fingerprint density at radius 3 is 1.70 bits per heavy atom. The van der Waals surface area contributed by atoms with Gasteiger partial charge in [-0.05, 0) is 0 Å². The molecule has 6 heteroatoms. The molecule has 0 aromatic rings. The molecule has 0 aromatic carbocycles. The molecule has 5 nitrogen and oxygen atoms in total. The molecule has 0 saturated heterocycles. The zero-order valence-corrected chi connectivity index (χ0v) is 7.38. The SMILES string of the molecule is C[Si](C)(C)NC(N)=O.OO. The molecule has 0 aromatic heterocycles. The van der Waals surface area contributed by atoms with Crippen LogP contribution in [0.2, 0.25) is 19.6 Å². The molecule has 10 heavy (non-hydrogen) atoms. The number of rotatable bonds is 1. The van der Waals surface area contributed by atoms with E-state index in [-0.39, 0.29) is 0 Å². The van der Waals surface area contributed by atoms with Crippen LogP contribution in [-0.2, 0) is 0 Å². The Hall–Kier alpha value is -0.593. The van der Waals surface area contributed by atoms with E-state index < -0.39 is 14.3 Å². The third kappa shape index (κ3) is 15.7. The minimum atomic E-state index is -1.44. The molecule has 0 radical (unpaired) electrons. The first kappa shape index (κ1) is 12.1. The molecule has 0 aliphatic heterocycles.